The average molecular weight is 530 g/mol. The molecule has 0 saturated carbocycles. The Morgan fingerprint density at radius 1 is 1.03 bits per heavy atom. The number of anilines is 3. The lowest BCUT2D eigenvalue weighted by Gasteiger charge is -2.19. The number of nitrogens with two attached hydrogens (primary N) is 1. The van der Waals surface area contributed by atoms with Crippen LogP contribution in [0.5, 0.6) is 0 Å². The number of fused-ring (bicyclic) bond motifs is 1. The minimum atomic E-state index is -3.74. The highest BCUT2D eigenvalue weighted by molar-refractivity contribution is 7.89. The minimum absolute atomic E-state index is 0.112. The van der Waals surface area contributed by atoms with Gasteiger partial charge in [-0.3, -0.25) is 4.90 Å². The lowest BCUT2D eigenvalue weighted by Crippen LogP contribution is -2.19. The summed E-state index contributed by atoms with van der Waals surface area (Å²) in [5.74, 6) is 1.83. The van der Waals surface area contributed by atoms with Crippen molar-refractivity contribution in [2.24, 2.45) is 11.1 Å². The number of hydrogen-bond acceptors (Lipinski definition) is 9. The number of sulfonamides is 1. The second-order valence-corrected chi connectivity index (χ2v) is 10.6. The minimum Gasteiger partial charge on any atom is -0.354 e. The lowest BCUT2D eigenvalue weighted by molar-refractivity contribution is 0.595. The molecule has 11 nitrogen and oxygen atoms in total. The zero-order chi connectivity index (χ0) is 26.7. The van der Waals surface area contributed by atoms with E-state index in [9.17, 15) is 8.42 Å². The Labute approximate surface area is 220 Å². The molecule has 5 aromatic rings. The Kier molecular flexibility index (Phi) is 6.99. The molecule has 0 bridgehead atoms. The van der Waals surface area contributed by atoms with E-state index in [1.165, 1.54) is 12.4 Å². The maximum Gasteiger partial charge on any atom is 0.238 e. The highest BCUT2D eigenvalue weighted by atomic mass is 32.2. The molecule has 0 aliphatic carbocycles. The van der Waals surface area contributed by atoms with Crippen LogP contribution in [0, 0.1) is 5.92 Å². The van der Waals surface area contributed by atoms with E-state index in [2.05, 4.69) is 32.3 Å². The van der Waals surface area contributed by atoms with Crippen LogP contribution in [0.1, 0.15) is 12.5 Å². The molecule has 0 aliphatic rings. The van der Waals surface area contributed by atoms with Gasteiger partial charge in [0.15, 0.2) is 5.65 Å². The first-order valence-electron chi connectivity index (χ1n) is 12.0. The molecule has 38 heavy (non-hydrogen) atoms. The average Bonchev–Trinajstić information content (AvgIpc) is 3.40. The SMILES string of the molecule is C[C@H](CNc1nccc(N(C)c2nc(-c3ccccc3)cc3ncnn23)n1)Cc1cccc(S(N)(=O)=O)c1. The van der Waals surface area contributed by atoms with Crippen molar-refractivity contribution in [1.82, 2.24) is 29.5 Å². The van der Waals surface area contributed by atoms with Crippen molar-refractivity contribution < 1.29 is 8.42 Å². The van der Waals surface area contributed by atoms with Crippen molar-refractivity contribution in [3.8, 4) is 11.3 Å². The molecule has 0 aliphatic heterocycles. The summed E-state index contributed by atoms with van der Waals surface area (Å²) in [5.41, 5.74) is 3.32. The van der Waals surface area contributed by atoms with Crippen molar-refractivity contribution in [1.29, 1.82) is 0 Å². The van der Waals surface area contributed by atoms with Crippen molar-refractivity contribution in [3.05, 3.63) is 84.8 Å². The maximum atomic E-state index is 11.7. The number of aromatic nitrogens is 6. The molecule has 2 aromatic carbocycles. The fourth-order valence-corrected chi connectivity index (χ4v) is 4.68. The third-order valence-corrected chi connectivity index (χ3v) is 6.93. The van der Waals surface area contributed by atoms with Crippen LogP contribution in [-0.4, -0.2) is 51.6 Å². The number of hydrogen-bond donors (Lipinski definition) is 2. The molecule has 194 valence electrons. The molecule has 3 heterocycles. The molecule has 5 rings (SSSR count). The van der Waals surface area contributed by atoms with Gasteiger partial charge < -0.3 is 5.32 Å². The molecule has 0 spiro atoms. The number of primary sulfonamides is 1. The van der Waals surface area contributed by atoms with Gasteiger partial charge in [0.25, 0.3) is 0 Å². The monoisotopic (exact) mass is 529 g/mol. The molecule has 3 N–H and O–H groups in total. The van der Waals surface area contributed by atoms with Crippen LogP contribution < -0.4 is 15.4 Å². The van der Waals surface area contributed by atoms with Crippen molar-refractivity contribution in [3.63, 3.8) is 0 Å². The summed E-state index contributed by atoms with van der Waals surface area (Å²) in [6.45, 7) is 2.65. The summed E-state index contributed by atoms with van der Waals surface area (Å²) in [5, 5.41) is 12.9. The Morgan fingerprint density at radius 2 is 1.84 bits per heavy atom. The van der Waals surface area contributed by atoms with E-state index in [0.29, 0.717) is 36.3 Å². The van der Waals surface area contributed by atoms with E-state index in [1.807, 2.05) is 54.4 Å². The second-order valence-electron chi connectivity index (χ2n) is 9.02. The largest absolute Gasteiger partial charge is 0.354 e. The van der Waals surface area contributed by atoms with Crippen LogP contribution in [-0.2, 0) is 16.4 Å². The number of nitrogens with one attached hydrogen (secondary N) is 1. The lowest BCUT2D eigenvalue weighted by atomic mass is 10.0. The van der Waals surface area contributed by atoms with E-state index in [4.69, 9.17) is 10.1 Å². The molecule has 0 unspecified atom stereocenters. The quantitative estimate of drug-likeness (QED) is 0.294. The predicted molar refractivity (Wildman–Crippen MR) is 145 cm³/mol. The van der Waals surface area contributed by atoms with Gasteiger partial charge in [0.05, 0.1) is 10.6 Å². The summed E-state index contributed by atoms with van der Waals surface area (Å²) in [4.78, 5) is 20.2. The van der Waals surface area contributed by atoms with Gasteiger partial charge in [0, 0.05) is 31.4 Å². The molecule has 0 amide bonds. The maximum absolute atomic E-state index is 11.7. The highest BCUT2D eigenvalue weighted by Gasteiger charge is 2.16. The topological polar surface area (TPSA) is 144 Å². The van der Waals surface area contributed by atoms with Crippen LogP contribution in [0.3, 0.4) is 0 Å². The molecule has 0 radical (unpaired) electrons. The Morgan fingerprint density at radius 3 is 2.63 bits per heavy atom. The van der Waals surface area contributed by atoms with Gasteiger partial charge in [-0.1, -0.05) is 49.4 Å². The Hall–Kier alpha value is -4.42. The first-order chi connectivity index (χ1) is 18.3. The van der Waals surface area contributed by atoms with E-state index < -0.39 is 10.0 Å². The van der Waals surface area contributed by atoms with Gasteiger partial charge in [-0.05, 0) is 36.1 Å². The van der Waals surface area contributed by atoms with Crippen LogP contribution >= 0.6 is 0 Å². The first-order valence-corrected chi connectivity index (χ1v) is 13.5. The summed E-state index contributed by atoms with van der Waals surface area (Å²) < 4.78 is 25.0. The zero-order valence-corrected chi connectivity index (χ0v) is 21.7. The molecular formula is C26H27N9O2S. The van der Waals surface area contributed by atoms with Gasteiger partial charge in [-0.2, -0.15) is 14.6 Å². The first kappa shape index (κ1) is 25.2. The van der Waals surface area contributed by atoms with Gasteiger partial charge in [-0.25, -0.2) is 28.5 Å². The molecule has 0 saturated heterocycles. The molecule has 1 atom stereocenters. The summed E-state index contributed by atoms with van der Waals surface area (Å²) in [6.07, 6.45) is 3.84. The standard InChI is InChI=1S/C26H27N9O2S/c1-18(13-19-7-6-10-21(14-19)38(27,36)37)16-29-25-28-12-11-23(33-25)34(2)26-32-22(20-8-4-3-5-9-20)15-24-30-17-31-35(24)26/h3-12,14-15,17-18H,13,16H2,1-2H3,(H2,27,36,37)(H,28,29,33)/t18-/m0/s1. The van der Waals surface area contributed by atoms with Crippen LogP contribution in [0.15, 0.2) is 84.1 Å². The van der Waals surface area contributed by atoms with Crippen LogP contribution in [0.4, 0.5) is 17.7 Å². The van der Waals surface area contributed by atoms with Crippen molar-refractivity contribution >= 4 is 33.4 Å². The molecular weight excluding hydrogens is 502 g/mol. The van der Waals surface area contributed by atoms with E-state index in [-0.39, 0.29) is 10.8 Å². The fraction of sp³-hybridized carbons (Fsp3) is 0.192. The predicted octanol–water partition coefficient (Wildman–Crippen LogP) is 3.29. The summed E-state index contributed by atoms with van der Waals surface area (Å²) in [6, 6.07) is 20.3. The number of nitrogens with zero attached hydrogens (tertiary/aromatic N) is 7. The highest BCUT2D eigenvalue weighted by Crippen LogP contribution is 2.25. The second kappa shape index (κ2) is 10.5. The van der Waals surface area contributed by atoms with Gasteiger partial charge in [0.2, 0.25) is 21.9 Å². The summed E-state index contributed by atoms with van der Waals surface area (Å²) in [7, 11) is -1.87. The molecule has 12 heteroatoms. The van der Waals surface area contributed by atoms with E-state index >= 15 is 0 Å². The van der Waals surface area contributed by atoms with E-state index in [0.717, 1.165) is 16.8 Å². The van der Waals surface area contributed by atoms with Gasteiger partial charge in [0.1, 0.15) is 12.1 Å². The van der Waals surface area contributed by atoms with Gasteiger partial charge in [-0.15, -0.1) is 0 Å². The van der Waals surface area contributed by atoms with Crippen molar-refractivity contribution in [2.45, 2.75) is 18.2 Å². The zero-order valence-electron chi connectivity index (χ0n) is 20.9. The normalized spacial score (nSPS) is 12.4. The van der Waals surface area contributed by atoms with Crippen molar-refractivity contribution in [2.75, 3.05) is 23.8 Å². The third kappa shape index (κ3) is 5.61. The smallest absolute Gasteiger partial charge is 0.238 e. The molecule has 0 fully saturated rings. The third-order valence-electron chi connectivity index (χ3n) is 6.02. The Balaban J connectivity index is 1.32. The van der Waals surface area contributed by atoms with Crippen LogP contribution in [0.2, 0.25) is 0 Å². The number of rotatable bonds is 9. The summed E-state index contributed by atoms with van der Waals surface area (Å²) >= 11 is 0. The Bertz CT molecular complexity index is 1670. The number of benzene rings is 2. The van der Waals surface area contributed by atoms with Gasteiger partial charge >= 0.3 is 0 Å². The van der Waals surface area contributed by atoms with E-state index in [1.54, 1.807) is 28.9 Å². The van der Waals surface area contributed by atoms with Crippen LogP contribution in [0.25, 0.3) is 16.9 Å². The molecule has 3 aromatic heterocycles. The fourth-order valence-electron chi connectivity index (χ4n) is 4.10.